The number of benzene rings is 11. The van der Waals surface area contributed by atoms with Gasteiger partial charge in [0.2, 0.25) is 0 Å². The van der Waals surface area contributed by atoms with Crippen LogP contribution in [0.5, 0.6) is 0 Å². The summed E-state index contributed by atoms with van der Waals surface area (Å²) in [4.78, 5) is 15.4. The molecule has 0 N–H and O–H groups in total. The van der Waals surface area contributed by atoms with E-state index in [0.717, 1.165) is 121 Å². The highest BCUT2D eigenvalue weighted by Crippen LogP contribution is 2.47. The molecule has 0 amide bonds. The Morgan fingerprint density at radius 3 is 1.39 bits per heavy atom. The van der Waals surface area contributed by atoms with Crippen molar-refractivity contribution < 1.29 is 0 Å². The van der Waals surface area contributed by atoms with Crippen LogP contribution in [0.3, 0.4) is 0 Å². The fourth-order valence-electron chi connectivity index (χ4n) is 12.6. The van der Waals surface area contributed by atoms with E-state index in [1.807, 2.05) is 60.7 Å². The SMILES string of the molecule is Cc1cc2c(c3ccc(-c4nc(-c5ccccc5)nc(-c5ccccc5)n4)cc3n2-c2ccccc2)c2c1c1cc(-n3c4ccccc4c4c3ccc3c5ccccc5n(-c5ccccc5)c34)c(C#N)cc1n2-c1ccccc1. The van der Waals surface area contributed by atoms with Gasteiger partial charge in [0.15, 0.2) is 17.5 Å². The average Bonchev–Trinajstić information content (AvgIpc) is 3.74. The number of nitrogens with zero attached hydrogens (tertiary/aromatic N) is 8. The van der Waals surface area contributed by atoms with Crippen molar-refractivity contribution in [2.24, 2.45) is 0 Å². The Hall–Kier alpha value is -10.9. The number of rotatable bonds is 7. The molecule has 0 saturated carbocycles. The van der Waals surface area contributed by atoms with E-state index in [1.54, 1.807) is 0 Å². The fraction of sp³-hybridized carbons (Fsp3) is 0.0141. The van der Waals surface area contributed by atoms with Gasteiger partial charge < -0.3 is 18.3 Å². The standard InChI is InChI=1S/C71H44N8/c1-44-39-63-66(55-36-35-47(40-61(55)76(63)49-25-11-4-12-26-49)71-74-69(45-21-7-2-8-22-45)73-70(75-71)46-23-9-3-10-24-46)68-64(44)56-42-60(48(43-72)41-62(56)78(68)51-29-15-6-16-30-51)79-58-34-20-18-32-54(58)65-59(79)38-37-53-52-31-17-19-33-57(52)77(67(53)65)50-27-13-5-14-28-50/h2-42H,1H3. The van der Waals surface area contributed by atoms with Crippen LogP contribution in [0.1, 0.15) is 11.1 Å². The highest BCUT2D eigenvalue weighted by Gasteiger charge is 2.27. The molecule has 16 aromatic rings. The van der Waals surface area contributed by atoms with Crippen molar-refractivity contribution in [1.82, 2.24) is 33.2 Å². The lowest BCUT2D eigenvalue weighted by atomic mass is 10.0. The number of aromatic nitrogens is 7. The molecule has 0 aliphatic rings. The first-order valence-corrected chi connectivity index (χ1v) is 26.6. The van der Waals surface area contributed by atoms with E-state index < -0.39 is 0 Å². The molecule has 0 saturated heterocycles. The third-order valence-electron chi connectivity index (χ3n) is 15.9. The molecule has 16 rings (SSSR count). The van der Waals surface area contributed by atoms with Crippen LogP contribution in [0.15, 0.2) is 249 Å². The maximum Gasteiger partial charge on any atom is 0.164 e. The van der Waals surface area contributed by atoms with Gasteiger partial charge in [0.25, 0.3) is 0 Å². The quantitative estimate of drug-likeness (QED) is 0.159. The van der Waals surface area contributed by atoms with Gasteiger partial charge in [0.1, 0.15) is 6.07 Å². The summed E-state index contributed by atoms with van der Waals surface area (Å²) in [6.07, 6.45) is 0. The summed E-state index contributed by atoms with van der Waals surface area (Å²) in [6.45, 7) is 2.23. The van der Waals surface area contributed by atoms with Gasteiger partial charge in [-0.3, -0.25) is 0 Å². The van der Waals surface area contributed by atoms with Crippen LogP contribution in [0.25, 0.3) is 144 Å². The number of nitriles is 1. The predicted octanol–water partition coefficient (Wildman–Crippen LogP) is 17.4. The zero-order valence-electron chi connectivity index (χ0n) is 42.7. The second-order valence-corrected chi connectivity index (χ2v) is 20.3. The van der Waals surface area contributed by atoms with Gasteiger partial charge in [0, 0.05) is 76.8 Å². The number of hydrogen-bond donors (Lipinski definition) is 0. The van der Waals surface area contributed by atoms with E-state index in [2.05, 4.69) is 219 Å². The van der Waals surface area contributed by atoms with Crippen molar-refractivity contribution in [3.8, 4) is 63.0 Å². The van der Waals surface area contributed by atoms with Gasteiger partial charge in [-0.05, 0) is 91.3 Å². The predicted molar refractivity (Wildman–Crippen MR) is 323 cm³/mol. The van der Waals surface area contributed by atoms with Crippen molar-refractivity contribution >= 4 is 87.2 Å². The Balaban J connectivity index is 1.00. The van der Waals surface area contributed by atoms with E-state index in [1.165, 1.54) is 10.8 Å². The summed E-state index contributed by atoms with van der Waals surface area (Å²) in [6, 6.07) is 90.0. The smallest absolute Gasteiger partial charge is 0.164 e. The maximum absolute atomic E-state index is 11.5. The van der Waals surface area contributed by atoms with Crippen molar-refractivity contribution in [2.75, 3.05) is 0 Å². The summed E-state index contributed by atoms with van der Waals surface area (Å²) in [5.74, 6) is 1.81. The van der Waals surface area contributed by atoms with Crippen LogP contribution in [0.2, 0.25) is 0 Å². The van der Waals surface area contributed by atoms with Crippen molar-refractivity contribution in [2.45, 2.75) is 6.92 Å². The lowest BCUT2D eigenvalue weighted by Gasteiger charge is -2.13. The number of fused-ring (bicyclic) bond motifs is 14. The first-order valence-electron chi connectivity index (χ1n) is 26.6. The van der Waals surface area contributed by atoms with Gasteiger partial charge in [-0.2, -0.15) is 5.26 Å². The van der Waals surface area contributed by atoms with Crippen LogP contribution in [0.4, 0.5) is 0 Å². The Morgan fingerprint density at radius 2 is 0.785 bits per heavy atom. The molecule has 0 fully saturated rings. The molecule has 0 unspecified atom stereocenters. The van der Waals surface area contributed by atoms with Crippen molar-refractivity contribution in [3.05, 3.63) is 260 Å². The monoisotopic (exact) mass is 1010 g/mol. The molecule has 0 radical (unpaired) electrons. The van der Waals surface area contributed by atoms with Crippen molar-refractivity contribution in [3.63, 3.8) is 0 Å². The number of aryl methyl sites for hydroxylation is 1. The van der Waals surface area contributed by atoms with Crippen LogP contribution in [0, 0.1) is 18.3 Å². The number of hydrogen-bond acceptors (Lipinski definition) is 4. The van der Waals surface area contributed by atoms with Crippen LogP contribution in [-0.2, 0) is 0 Å². The highest BCUT2D eigenvalue weighted by atomic mass is 15.1. The fourth-order valence-corrected chi connectivity index (χ4v) is 12.6. The molecule has 5 aromatic heterocycles. The molecule has 5 heterocycles. The Kier molecular flexibility index (Phi) is 9.74. The lowest BCUT2D eigenvalue weighted by Crippen LogP contribution is -2.00. The summed E-state index contributed by atoms with van der Waals surface area (Å²) < 4.78 is 9.49. The largest absolute Gasteiger partial charge is 0.309 e. The van der Waals surface area contributed by atoms with Gasteiger partial charge in [-0.25, -0.2) is 15.0 Å². The van der Waals surface area contributed by atoms with Crippen LogP contribution >= 0.6 is 0 Å². The zero-order chi connectivity index (χ0) is 52.3. The Morgan fingerprint density at radius 1 is 0.316 bits per heavy atom. The van der Waals surface area contributed by atoms with Gasteiger partial charge in [-0.15, -0.1) is 0 Å². The maximum atomic E-state index is 11.5. The minimum atomic E-state index is 0.575. The first-order chi connectivity index (χ1) is 39.1. The minimum Gasteiger partial charge on any atom is -0.309 e. The molecular formula is C71H44N8. The molecule has 0 aliphatic heterocycles. The van der Waals surface area contributed by atoms with Crippen LogP contribution in [-0.4, -0.2) is 33.2 Å². The molecule has 368 valence electrons. The van der Waals surface area contributed by atoms with Crippen molar-refractivity contribution in [1.29, 1.82) is 5.26 Å². The molecule has 11 aromatic carbocycles. The normalized spacial score (nSPS) is 11.8. The number of para-hydroxylation sites is 5. The van der Waals surface area contributed by atoms with Gasteiger partial charge >= 0.3 is 0 Å². The Bertz CT molecular complexity index is 5120. The van der Waals surface area contributed by atoms with Crippen LogP contribution < -0.4 is 0 Å². The second-order valence-electron chi connectivity index (χ2n) is 20.3. The molecule has 0 atom stereocenters. The first kappa shape index (κ1) is 44.4. The average molecular weight is 1010 g/mol. The van der Waals surface area contributed by atoms with E-state index in [-0.39, 0.29) is 0 Å². The second kappa shape index (κ2) is 17.3. The molecule has 0 spiro atoms. The topological polar surface area (TPSA) is 82.2 Å². The molecule has 8 nitrogen and oxygen atoms in total. The summed E-state index contributed by atoms with van der Waals surface area (Å²) in [5.41, 5.74) is 16.8. The summed E-state index contributed by atoms with van der Waals surface area (Å²) in [7, 11) is 0. The molecular weight excluding hydrogens is 965 g/mol. The third-order valence-corrected chi connectivity index (χ3v) is 15.9. The molecule has 0 aliphatic carbocycles. The van der Waals surface area contributed by atoms with E-state index in [4.69, 9.17) is 15.0 Å². The molecule has 0 bridgehead atoms. The summed E-state index contributed by atoms with van der Waals surface area (Å²) >= 11 is 0. The lowest BCUT2D eigenvalue weighted by molar-refractivity contribution is 1.07. The van der Waals surface area contributed by atoms with Gasteiger partial charge in [-0.1, -0.05) is 170 Å². The summed E-state index contributed by atoms with van der Waals surface area (Å²) in [5, 5.41) is 20.5. The highest BCUT2D eigenvalue weighted by molar-refractivity contribution is 6.29. The molecule has 79 heavy (non-hydrogen) atoms. The minimum absolute atomic E-state index is 0.575. The van der Waals surface area contributed by atoms with E-state index in [9.17, 15) is 5.26 Å². The molecule has 8 heteroatoms. The van der Waals surface area contributed by atoms with E-state index >= 15 is 0 Å². The Labute approximate surface area is 453 Å². The van der Waals surface area contributed by atoms with Gasteiger partial charge in [0.05, 0.1) is 55.4 Å². The third kappa shape index (κ3) is 6.63. The zero-order valence-corrected chi connectivity index (χ0v) is 42.7. The van der Waals surface area contributed by atoms with E-state index in [0.29, 0.717) is 23.0 Å².